The van der Waals surface area contributed by atoms with Gasteiger partial charge in [0, 0.05) is 17.8 Å². The second kappa shape index (κ2) is 6.79. The summed E-state index contributed by atoms with van der Waals surface area (Å²) < 4.78 is 34.6. The molecular weight excluding hydrogens is 344 g/mol. The number of hydrogen-bond acceptors (Lipinski definition) is 7. The van der Waals surface area contributed by atoms with Crippen molar-refractivity contribution in [2.45, 2.75) is 6.43 Å². The Hall–Kier alpha value is -3.49. The van der Waals surface area contributed by atoms with Crippen molar-refractivity contribution in [3.63, 3.8) is 0 Å². The van der Waals surface area contributed by atoms with Crippen LogP contribution in [0.4, 0.5) is 8.78 Å². The van der Waals surface area contributed by atoms with Crippen molar-refractivity contribution in [3.8, 4) is 28.9 Å². The maximum atomic E-state index is 12.2. The summed E-state index contributed by atoms with van der Waals surface area (Å²) >= 11 is 0. The third-order valence-electron chi connectivity index (χ3n) is 3.44. The summed E-state index contributed by atoms with van der Waals surface area (Å²) in [4.78, 5) is 16.9. The Balaban J connectivity index is 1.62. The maximum absolute atomic E-state index is 12.2. The largest absolute Gasteiger partial charge is 0.472 e. The van der Waals surface area contributed by atoms with Crippen LogP contribution in [0.2, 0.25) is 0 Å². The highest BCUT2D eigenvalue weighted by Crippen LogP contribution is 2.23. The number of ether oxygens (including phenoxy) is 1. The third kappa shape index (κ3) is 3.32. The molecule has 0 saturated carbocycles. The standard InChI is InChI=1S/C17H11F2N5O2/c18-14(19)9-25-15-7-10(5-6-20-15)16-23-17(26-24-16)13-8-21-11-3-1-2-4-12(11)22-13/h1-8,14H,9H2. The number of halogens is 2. The lowest BCUT2D eigenvalue weighted by Crippen LogP contribution is -2.07. The molecule has 0 aliphatic rings. The van der Waals surface area contributed by atoms with E-state index in [0.29, 0.717) is 16.8 Å². The number of alkyl halides is 2. The van der Waals surface area contributed by atoms with E-state index in [-0.39, 0.29) is 17.6 Å². The molecule has 7 nitrogen and oxygen atoms in total. The summed E-state index contributed by atoms with van der Waals surface area (Å²) in [5, 5.41) is 3.89. The summed E-state index contributed by atoms with van der Waals surface area (Å²) in [5.41, 5.74) is 2.42. The zero-order valence-electron chi connectivity index (χ0n) is 13.2. The van der Waals surface area contributed by atoms with E-state index in [2.05, 4.69) is 25.1 Å². The van der Waals surface area contributed by atoms with Crippen LogP contribution in [0, 0.1) is 0 Å². The van der Waals surface area contributed by atoms with E-state index in [1.54, 1.807) is 12.3 Å². The van der Waals surface area contributed by atoms with Gasteiger partial charge in [-0.15, -0.1) is 0 Å². The summed E-state index contributed by atoms with van der Waals surface area (Å²) in [6.07, 6.45) is 0.384. The van der Waals surface area contributed by atoms with Crippen LogP contribution >= 0.6 is 0 Å². The Morgan fingerprint density at radius 1 is 1.04 bits per heavy atom. The van der Waals surface area contributed by atoms with Crippen LogP contribution < -0.4 is 4.74 Å². The van der Waals surface area contributed by atoms with Gasteiger partial charge in [-0.25, -0.2) is 18.7 Å². The molecule has 3 aromatic heterocycles. The van der Waals surface area contributed by atoms with Gasteiger partial charge in [0.1, 0.15) is 5.69 Å². The first kappa shape index (κ1) is 16.0. The van der Waals surface area contributed by atoms with E-state index < -0.39 is 13.0 Å². The van der Waals surface area contributed by atoms with Crippen molar-refractivity contribution in [3.05, 3.63) is 48.8 Å². The Morgan fingerprint density at radius 2 is 1.88 bits per heavy atom. The quantitative estimate of drug-likeness (QED) is 0.542. The molecule has 130 valence electrons. The Kier molecular flexibility index (Phi) is 4.18. The molecule has 9 heteroatoms. The number of hydrogen-bond donors (Lipinski definition) is 0. The average Bonchev–Trinajstić information content (AvgIpc) is 3.16. The minimum absolute atomic E-state index is 0.0552. The Morgan fingerprint density at radius 3 is 2.73 bits per heavy atom. The van der Waals surface area contributed by atoms with Crippen LogP contribution in [0.25, 0.3) is 34.0 Å². The molecule has 0 amide bonds. The number of rotatable bonds is 5. The predicted molar refractivity (Wildman–Crippen MR) is 87.6 cm³/mol. The summed E-state index contributed by atoms with van der Waals surface area (Å²) in [6, 6.07) is 10.5. The van der Waals surface area contributed by atoms with Gasteiger partial charge in [-0.05, 0) is 18.2 Å². The number of nitrogens with zero attached hydrogens (tertiary/aromatic N) is 5. The molecule has 0 aliphatic heterocycles. The molecular formula is C17H11F2N5O2. The van der Waals surface area contributed by atoms with Gasteiger partial charge in [0.05, 0.1) is 17.2 Å². The molecule has 0 radical (unpaired) electrons. The predicted octanol–water partition coefficient (Wildman–Crippen LogP) is 3.39. The van der Waals surface area contributed by atoms with Crippen LogP contribution in [0.5, 0.6) is 5.88 Å². The van der Waals surface area contributed by atoms with E-state index in [1.807, 2.05) is 24.3 Å². The first-order valence-corrected chi connectivity index (χ1v) is 7.62. The van der Waals surface area contributed by atoms with Crippen LogP contribution in [0.3, 0.4) is 0 Å². The normalized spacial score (nSPS) is 11.2. The average molecular weight is 355 g/mol. The first-order chi connectivity index (χ1) is 12.7. The van der Waals surface area contributed by atoms with Gasteiger partial charge in [0.2, 0.25) is 11.7 Å². The zero-order chi connectivity index (χ0) is 17.9. The van der Waals surface area contributed by atoms with Gasteiger partial charge in [-0.1, -0.05) is 17.3 Å². The lowest BCUT2D eigenvalue weighted by Gasteiger charge is -2.04. The second-order valence-corrected chi connectivity index (χ2v) is 5.25. The van der Waals surface area contributed by atoms with Crippen molar-refractivity contribution in [1.29, 1.82) is 0 Å². The lowest BCUT2D eigenvalue weighted by atomic mass is 10.2. The molecule has 0 aliphatic carbocycles. The minimum atomic E-state index is -2.58. The van der Waals surface area contributed by atoms with Gasteiger partial charge in [0.25, 0.3) is 12.3 Å². The lowest BCUT2D eigenvalue weighted by molar-refractivity contribution is 0.0796. The van der Waals surface area contributed by atoms with Gasteiger partial charge in [0.15, 0.2) is 6.61 Å². The molecule has 0 fully saturated rings. The van der Waals surface area contributed by atoms with Gasteiger partial charge in [-0.2, -0.15) is 4.98 Å². The fourth-order valence-electron chi connectivity index (χ4n) is 2.28. The molecule has 0 saturated heterocycles. The monoisotopic (exact) mass is 355 g/mol. The van der Waals surface area contributed by atoms with Gasteiger partial charge in [-0.3, -0.25) is 4.98 Å². The highest BCUT2D eigenvalue weighted by atomic mass is 19.3. The smallest absolute Gasteiger partial charge is 0.278 e. The highest BCUT2D eigenvalue weighted by molar-refractivity contribution is 5.75. The number of para-hydroxylation sites is 2. The molecule has 4 rings (SSSR count). The molecule has 26 heavy (non-hydrogen) atoms. The zero-order valence-corrected chi connectivity index (χ0v) is 13.2. The number of pyridine rings is 1. The molecule has 0 atom stereocenters. The molecule has 3 heterocycles. The van der Waals surface area contributed by atoms with E-state index in [4.69, 9.17) is 9.26 Å². The highest BCUT2D eigenvalue weighted by Gasteiger charge is 2.14. The van der Waals surface area contributed by atoms with Gasteiger partial charge < -0.3 is 9.26 Å². The summed E-state index contributed by atoms with van der Waals surface area (Å²) in [6.45, 7) is -0.735. The van der Waals surface area contributed by atoms with Gasteiger partial charge >= 0.3 is 0 Å². The SMILES string of the molecule is FC(F)COc1cc(-c2noc(-c3cnc4ccccc4n3)n2)ccn1. The Labute approximate surface area is 145 Å². The second-order valence-electron chi connectivity index (χ2n) is 5.25. The topological polar surface area (TPSA) is 86.8 Å². The van der Waals surface area contributed by atoms with E-state index >= 15 is 0 Å². The van der Waals surface area contributed by atoms with E-state index in [0.717, 1.165) is 5.52 Å². The maximum Gasteiger partial charge on any atom is 0.278 e. The van der Waals surface area contributed by atoms with Crippen molar-refractivity contribution in [2.24, 2.45) is 0 Å². The third-order valence-corrected chi connectivity index (χ3v) is 3.44. The first-order valence-electron chi connectivity index (χ1n) is 7.62. The molecule has 0 spiro atoms. The van der Waals surface area contributed by atoms with E-state index in [1.165, 1.54) is 12.3 Å². The molecule has 1 aromatic carbocycles. The number of aromatic nitrogens is 5. The van der Waals surface area contributed by atoms with Crippen molar-refractivity contribution in [1.82, 2.24) is 25.1 Å². The van der Waals surface area contributed by atoms with Crippen LogP contribution in [0.15, 0.2) is 53.3 Å². The fourth-order valence-corrected chi connectivity index (χ4v) is 2.28. The molecule has 4 aromatic rings. The van der Waals surface area contributed by atoms with Crippen molar-refractivity contribution < 1.29 is 18.0 Å². The van der Waals surface area contributed by atoms with Crippen molar-refractivity contribution >= 4 is 11.0 Å². The summed E-state index contributed by atoms with van der Waals surface area (Å²) in [7, 11) is 0. The Bertz CT molecular complexity index is 1050. The van der Waals surface area contributed by atoms with E-state index in [9.17, 15) is 8.78 Å². The van der Waals surface area contributed by atoms with Crippen molar-refractivity contribution in [2.75, 3.05) is 6.61 Å². The molecule has 0 bridgehead atoms. The molecule has 0 N–H and O–H groups in total. The number of fused-ring (bicyclic) bond motifs is 1. The van der Waals surface area contributed by atoms with Crippen LogP contribution in [-0.2, 0) is 0 Å². The summed E-state index contributed by atoms with van der Waals surface area (Å²) in [5.74, 6) is 0.518. The number of benzene rings is 1. The molecule has 0 unspecified atom stereocenters. The van der Waals surface area contributed by atoms with Crippen LogP contribution in [-0.4, -0.2) is 38.1 Å². The fraction of sp³-hybridized carbons (Fsp3) is 0.118. The minimum Gasteiger partial charge on any atom is -0.472 e. The van der Waals surface area contributed by atoms with Crippen LogP contribution in [0.1, 0.15) is 0 Å².